The molecule has 0 unspecified atom stereocenters. The number of rotatable bonds is 18. The fourth-order valence-electron chi connectivity index (χ4n) is 12.2. The predicted molar refractivity (Wildman–Crippen MR) is 499 cm³/mol. The Morgan fingerprint density at radius 3 is 1.42 bits per heavy atom. The normalized spacial score (nSPS) is 9.42. The van der Waals surface area contributed by atoms with Crippen LogP contribution in [0.15, 0.2) is 316 Å². The monoisotopic (exact) mass is 1990 g/mol. The average molecular weight is 1990 g/mol. The van der Waals surface area contributed by atoms with Crippen molar-refractivity contribution in [1.29, 1.82) is 31.6 Å². The number of nitrogens with one attached hydrogen (secondary N) is 1. The summed E-state index contributed by atoms with van der Waals surface area (Å²) in [6, 6.07) is 93.5. The fraction of sp³-hybridized carbons (Fsp3) is 0.0808. The van der Waals surface area contributed by atoms with Crippen molar-refractivity contribution in [1.82, 2.24) is 22.0 Å². The molecule has 0 spiro atoms. The maximum atomic E-state index is 12.8. The molecule has 0 bridgehead atoms. The van der Waals surface area contributed by atoms with Crippen LogP contribution >= 0.6 is 49.1 Å². The second-order valence-corrected chi connectivity index (χ2v) is 28.5. The second-order valence-electron chi connectivity index (χ2n) is 26.3. The van der Waals surface area contributed by atoms with Crippen LogP contribution in [0.5, 0.6) is 0 Å². The molecule has 0 atom stereocenters. The Labute approximate surface area is 905 Å². The summed E-state index contributed by atoms with van der Waals surface area (Å²) in [7, 11) is 5.91. The molecule has 132 heavy (non-hydrogen) atoms. The maximum Gasteiger partial charge on any atom is 1.00 e. The van der Waals surface area contributed by atoms with Crippen LogP contribution in [0, 0.1) is 82.0 Å². The van der Waals surface area contributed by atoms with Gasteiger partial charge >= 0.3 is 80.9 Å². The van der Waals surface area contributed by atoms with E-state index in [-0.39, 0.29) is 207 Å². The molecule has 10 aromatic heterocycles. The number of alkyl halides is 1. The first-order valence-electron chi connectivity index (χ1n) is 38.1. The quantitative estimate of drug-likeness (QED) is 0.00962. The zero-order valence-electron chi connectivity index (χ0n) is 72.1. The molecule has 1 amide bonds. The van der Waals surface area contributed by atoms with Gasteiger partial charge in [-0.1, -0.05) is 113 Å². The molecule has 33 heteroatoms. The van der Waals surface area contributed by atoms with E-state index in [9.17, 15) is 33.6 Å². The summed E-state index contributed by atoms with van der Waals surface area (Å²) in [5, 5.41) is 62.1. The first-order valence-corrected chi connectivity index (χ1v) is 41.1. The topological polar surface area (TPSA) is 362 Å². The van der Waals surface area contributed by atoms with E-state index in [1.165, 1.54) is 23.7 Å². The smallest absolute Gasteiger partial charge is 1.00 e. The van der Waals surface area contributed by atoms with Crippen LogP contribution < -0.4 is 113 Å². The van der Waals surface area contributed by atoms with Gasteiger partial charge in [-0.05, 0) is 241 Å². The molecule has 0 saturated heterocycles. The van der Waals surface area contributed by atoms with Gasteiger partial charge in [-0.25, -0.2) is 4.85 Å². The maximum absolute atomic E-state index is 12.8. The number of carbonyl (C=O) groups excluding carboxylic acids is 8. The summed E-state index contributed by atoms with van der Waals surface area (Å²) in [6.07, 6.45) is 13.0. The SMILES string of the molecule is C.CC(=O)c1cc(C(=O)c2ccc(C#N)cc2)n2ccccc12.Cc1cc(NC(=O)C(=O)c2cc(Cc3ccc(C#N)cc3)n3ccccc23)sn1.N#Cc1ccc(C(=O)C[n+]2ccccc2)cc1.N#Cc1ccc(C(=O)c2ccc3ccccn23)cc1.N#Cc1ccc(Cc2ccc3ccccn23)cc1.O=CO[O-].[3H]CSCl.[B].[Br-].[C-]#N.[C-]#[N+]c1ccc(C(=O)CBr)cc1.[K+].[K].[Na+]. The summed E-state index contributed by atoms with van der Waals surface area (Å²) in [4.78, 5) is 99.6. The number of hydrogen-bond donors (Lipinski definition) is 1. The van der Waals surface area contributed by atoms with Crippen molar-refractivity contribution < 1.29 is 152 Å². The van der Waals surface area contributed by atoms with E-state index >= 15 is 0 Å². The Balaban J connectivity index is 0.000000532. The Kier molecular flexibility index (Phi) is 53.8. The van der Waals surface area contributed by atoms with E-state index in [2.05, 4.69) is 76.3 Å². The second kappa shape index (κ2) is 62.0. The summed E-state index contributed by atoms with van der Waals surface area (Å²) in [5.74, 6) is -1.52. The van der Waals surface area contributed by atoms with Crippen molar-refractivity contribution in [2.24, 2.45) is 0 Å². The number of pyridine rings is 5. The van der Waals surface area contributed by atoms with Crippen molar-refractivity contribution >= 4 is 189 Å². The molecule has 16 aromatic rings. The van der Waals surface area contributed by atoms with Crippen LogP contribution in [0.3, 0.4) is 0 Å². The molecule has 0 saturated carbocycles. The predicted octanol–water partition coefficient (Wildman–Crippen LogP) is 9.14. The van der Waals surface area contributed by atoms with Gasteiger partial charge in [0.1, 0.15) is 5.00 Å². The van der Waals surface area contributed by atoms with Gasteiger partial charge in [0.05, 0.1) is 104 Å². The summed E-state index contributed by atoms with van der Waals surface area (Å²) in [5.41, 5.74) is 16.5. The van der Waals surface area contributed by atoms with Crippen molar-refractivity contribution in [3.63, 3.8) is 0 Å². The standard InChI is InChI=1S/C22H16N4O2S.C18H12N2O2.C16H10N2O.C16H12N2.C14H11N2O.C9H6BrNO.CH3ClS.CN.CH2O3.CH4.B.BrH.2K.Na/c1-14-10-20(29-25-14)24-22(28)21(27)18-12-17(26-9-3-2-4-19(18)26)11-15-5-7-16(13-23)8-6-15;1-12(21)15-10-17(20-9-3-2-4-16(15)20)18(22)14-7-5-13(11-19)6-8-14;17-11-12-4-6-13(7-5-12)16(19)15-9-8-14-3-1-2-10-18(14)15;17-12-14-6-4-13(5-7-14)11-16-9-8-15-3-1-2-10-18(15)16;15-10-12-4-6-13(7-5-12)14(17)11-16-8-2-1-3-9-16;1-11-8-4-2-7(3-5-8)9(12)6-10;1-3-2;1-2;2-1-4-3;;;;;;/h2-10,12H,11H2,1H3,(H,24,28);2-10H,1H3;1-10H;1-10H,11H2;1-9H,11H2;2-5H,6H2;1H3;;1,3H;1H4;;1H;;;/q;;;;+1;;;-1;;;;;;2*+1/p-2/i;;;;;;1T;;;;;;;;. The van der Waals surface area contributed by atoms with E-state index in [1.807, 2.05) is 197 Å². The van der Waals surface area contributed by atoms with Gasteiger partial charge < -0.3 is 61.9 Å². The molecular formula is C99H75BBr2ClK2N14NaO10S2. The van der Waals surface area contributed by atoms with Gasteiger partial charge in [0.25, 0.3) is 18.2 Å². The fourth-order valence-corrected chi connectivity index (χ4v) is 13.2. The van der Waals surface area contributed by atoms with E-state index < -0.39 is 11.7 Å². The van der Waals surface area contributed by atoms with Crippen molar-refractivity contribution in [2.75, 3.05) is 16.9 Å². The molecule has 4 radical (unpaired) electrons. The number of ketones is 6. The number of aromatic nitrogens is 6. The van der Waals surface area contributed by atoms with Crippen LogP contribution in [0.4, 0.5) is 10.7 Å². The summed E-state index contributed by atoms with van der Waals surface area (Å²) in [6.45, 7) is 14.9. The largest absolute Gasteiger partial charge is 1.00 e. The van der Waals surface area contributed by atoms with E-state index in [4.69, 9.17) is 66.8 Å². The van der Waals surface area contributed by atoms with Gasteiger partial charge in [0.2, 0.25) is 23.9 Å². The molecular weight excluding hydrogens is 1920 g/mol. The van der Waals surface area contributed by atoms with E-state index in [0.29, 0.717) is 113 Å². The van der Waals surface area contributed by atoms with Gasteiger partial charge in [-0.2, -0.15) is 35.3 Å². The minimum absolute atomic E-state index is 0. The number of aryl methyl sites for hydroxylation is 1. The number of benzene rings is 6. The Morgan fingerprint density at radius 2 is 0.970 bits per heavy atom. The van der Waals surface area contributed by atoms with Crippen LogP contribution in [0.2, 0.25) is 0 Å². The van der Waals surface area contributed by atoms with Gasteiger partial charge in [-0.15, -0.1) is 0 Å². The zero-order chi connectivity index (χ0) is 91.6. The number of amides is 1. The minimum atomic E-state index is -0.685. The molecule has 0 aliphatic rings. The minimum Gasteiger partial charge on any atom is -1.00 e. The van der Waals surface area contributed by atoms with E-state index in [1.54, 1.807) is 138 Å². The third-order valence-electron chi connectivity index (χ3n) is 18.2. The Bertz CT molecular complexity index is 6850. The summed E-state index contributed by atoms with van der Waals surface area (Å²) >= 11 is 4.22. The molecule has 16 rings (SSSR count). The molecule has 640 valence electrons. The third kappa shape index (κ3) is 34.2. The van der Waals surface area contributed by atoms with Crippen LogP contribution in [0.25, 0.3) is 26.9 Å². The Hall–Kier alpha value is -11.6. The van der Waals surface area contributed by atoms with Crippen LogP contribution in [-0.4, -0.2) is 140 Å². The van der Waals surface area contributed by atoms with Gasteiger partial charge in [0.15, 0.2) is 29.6 Å². The molecule has 24 nitrogen and oxygen atoms in total. The number of hydrogen-bond acceptors (Lipinski definition) is 19. The number of Topliss-reactive ketones (excluding diaryl/α,β-unsaturated/α-hetero) is 4. The molecule has 1 N–H and O–H groups in total. The third-order valence-corrected chi connectivity index (χ3v) is 19.5. The molecule has 6 aromatic carbocycles. The number of nitriles is 5. The number of fused-ring (bicyclic) bond motifs is 4. The molecule has 0 aliphatic carbocycles. The van der Waals surface area contributed by atoms with Crippen LogP contribution in [-0.2, 0) is 33.9 Å². The number of carbonyl (C=O) groups is 8. The van der Waals surface area contributed by atoms with Crippen LogP contribution in [0.1, 0.15) is 145 Å². The van der Waals surface area contributed by atoms with Crippen molar-refractivity contribution in [2.45, 2.75) is 40.7 Å². The molecule has 0 fully saturated rings. The summed E-state index contributed by atoms with van der Waals surface area (Å²) < 4.78 is 19.9. The Morgan fingerprint density at radius 1 is 0.561 bits per heavy atom. The first kappa shape index (κ1) is 115. The van der Waals surface area contributed by atoms with E-state index in [0.717, 1.165) is 51.4 Å². The van der Waals surface area contributed by atoms with Crippen molar-refractivity contribution in [3.05, 3.63) is 435 Å². The van der Waals surface area contributed by atoms with Crippen molar-refractivity contribution in [3.8, 4) is 30.3 Å². The molecule has 10 heterocycles. The number of nitrogens with zero attached hydrogens (tertiary/aromatic N) is 13. The first-order chi connectivity index (χ1) is 61.7. The van der Waals surface area contributed by atoms with Gasteiger partial charge in [0, 0.05) is 161 Å². The zero-order valence-corrected chi connectivity index (χ0v) is 84.9. The number of halogens is 3. The molecule has 0 aliphatic heterocycles. The number of anilines is 1. The average Bonchev–Trinajstić information content (AvgIpc) is 1.63. The van der Waals surface area contributed by atoms with Gasteiger partial charge in [-0.3, -0.25) is 38.4 Å².